The molecule has 0 aliphatic carbocycles. The van der Waals surface area contributed by atoms with Crippen molar-refractivity contribution in [2.45, 2.75) is 38.8 Å². The van der Waals surface area contributed by atoms with Gasteiger partial charge in [-0.2, -0.15) is 0 Å². The molecule has 0 saturated carbocycles. The van der Waals surface area contributed by atoms with Gasteiger partial charge in [-0.3, -0.25) is 4.79 Å². The molecule has 120 valence electrons. The number of carbonyl (C=O) groups excluding carboxylic acids is 2. The molecule has 0 heterocycles. The number of carboxylic acid groups (broad SMARTS) is 1. The molecule has 1 aromatic rings. The van der Waals surface area contributed by atoms with Gasteiger partial charge in [-0.15, -0.1) is 0 Å². The Bertz CT molecular complexity index is 558. The molecule has 1 rings (SSSR count). The first-order valence-corrected chi connectivity index (χ1v) is 6.63. The zero-order chi connectivity index (χ0) is 16.9. The molecular weight excluding hydrogens is 290 g/mol. The van der Waals surface area contributed by atoms with Crippen molar-refractivity contribution in [2.75, 3.05) is 0 Å². The first kappa shape index (κ1) is 17.5. The van der Waals surface area contributed by atoms with Crippen molar-refractivity contribution in [1.82, 2.24) is 5.32 Å². The molecule has 0 aliphatic rings. The Kier molecular flexibility index (Phi) is 5.50. The van der Waals surface area contributed by atoms with E-state index in [4.69, 9.17) is 9.84 Å². The summed E-state index contributed by atoms with van der Waals surface area (Å²) in [5.74, 6) is -3.63. The van der Waals surface area contributed by atoms with Crippen LogP contribution in [0.1, 0.15) is 26.3 Å². The summed E-state index contributed by atoms with van der Waals surface area (Å²) >= 11 is 0. The third kappa shape index (κ3) is 5.82. The van der Waals surface area contributed by atoms with Crippen molar-refractivity contribution in [3.63, 3.8) is 0 Å². The molecule has 0 radical (unpaired) electrons. The Hall–Kier alpha value is -2.57. The Balaban J connectivity index is 2.90. The number of ether oxygens (including phenoxy) is 1. The summed E-state index contributed by atoms with van der Waals surface area (Å²) in [5, 5.41) is 20.0. The average Bonchev–Trinajstić information content (AvgIpc) is 2.38. The highest BCUT2D eigenvalue weighted by Gasteiger charge is 2.28. The second-order valence-corrected chi connectivity index (χ2v) is 5.74. The molecule has 0 spiro atoms. The van der Waals surface area contributed by atoms with Crippen LogP contribution in [-0.4, -0.2) is 39.7 Å². The quantitative estimate of drug-likeness (QED) is 0.561. The SMILES string of the molecule is CC(C)(C)OC(=O)[C@H](Cc1ccc(O)cc1)NC(=O)C(=O)O. The van der Waals surface area contributed by atoms with Crippen LogP contribution in [0, 0.1) is 0 Å². The number of nitrogens with one attached hydrogen (secondary N) is 1. The molecule has 0 fully saturated rings. The van der Waals surface area contributed by atoms with Crippen LogP contribution in [0.25, 0.3) is 0 Å². The molecule has 7 nitrogen and oxygen atoms in total. The lowest BCUT2D eigenvalue weighted by molar-refractivity contribution is -0.160. The minimum atomic E-state index is -1.68. The van der Waals surface area contributed by atoms with Gasteiger partial charge in [-0.1, -0.05) is 12.1 Å². The number of aromatic hydroxyl groups is 1. The third-order valence-electron chi connectivity index (χ3n) is 2.57. The van der Waals surface area contributed by atoms with Crippen LogP contribution in [0.3, 0.4) is 0 Å². The van der Waals surface area contributed by atoms with E-state index in [0.717, 1.165) is 0 Å². The number of esters is 1. The third-order valence-corrected chi connectivity index (χ3v) is 2.57. The van der Waals surface area contributed by atoms with Crippen LogP contribution < -0.4 is 5.32 Å². The number of hydrogen-bond donors (Lipinski definition) is 3. The molecular formula is C15H19NO6. The smallest absolute Gasteiger partial charge is 0.394 e. The molecule has 0 unspecified atom stereocenters. The van der Waals surface area contributed by atoms with Gasteiger partial charge in [0, 0.05) is 6.42 Å². The van der Waals surface area contributed by atoms with Crippen molar-refractivity contribution < 1.29 is 29.3 Å². The Morgan fingerprint density at radius 3 is 2.18 bits per heavy atom. The maximum atomic E-state index is 12.1. The maximum absolute atomic E-state index is 12.1. The number of carboxylic acids is 1. The summed E-state index contributed by atoms with van der Waals surface area (Å²) in [6, 6.07) is 4.87. The number of aliphatic carboxylic acids is 1. The zero-order valence-corrected chi connectivity index (χ0v) is 12.6. The average molecular weight is 309 g/mol. The second kappa shape index (κ2) is 6.93. The number of carbonyl (C=O) groups is 3. The molecule has 0 aromatic heterocycles. The van der Waals surface area contributed by atoms with Gasteiger partial charge in [0.25, 0.3) is 0 Å². The summed E-state index contributed by atoms with van der Waals surface area (Å²) in [5.41, 5.74) is -0.127. The second-order valence-electron chi connectivity index (χ2n) is 5.74. The van der Waals surface area contributed by atoms with E-state index < -0.39 is 29.5 Å². The molecule has 1 amide bonds. The fraction of sp³-hybridized carbons (Fsp3) is 0.400. The Morgan fingerprint density at radius 2 is 1.73 bits per heavy atom. The van der Waals surface area contributed by atoms with Crippen LogP contribution in [0.5, 0.6) is 5.75 Å². The van der Waals surface area contributed by atoms with Gasteiger partial charge in [0.2, 0.25) is 0 Å². The van der Waals surface area contributed by atoms with Crippen LogP contribution >= 0.6 is 0 Å². The lowest BCUT2D eigenvalue weighted by atomic mass is 10.1. The lowest BCUT2D eigenvalue weighted by Gasteiger charge is -2.24. The van der Waals surface area contributed by atoms with E-state index >= 15 is 0 Å². The van der Waals surface area contributed by atoms with Crippen molar-refractivity contribution in [3.8, 4) is 5.75 Å². The van der Waals surface area contributed by atoms with Crippen LogP contribution in [-0.2, 0) is 25.5 Å². The van der Waals surface area contributed by atoms with Crippen molar-refractivity contribution >= 4 is 17.8 Å². The van der Waals surface area contributed by atoms with Crippen molar-refractivity contribution in [3.05, 3.63) is 29.8 Å². The summed E-state index contributed by atoms with van der Waals surface area (Å²) < 4.78 is 5.18. The van der Waals surface area contributed by atoms with Gasteiger partial charge >= 0.3 is 17.8 Å². The number of hydrogen-bond acceptors (Lipinski definition) is 5. The largest absolute Gasteiger partial charge is 0.508 e. The zero-order valence-electron chi connectivity index (χ0n) is 12.6. The van der Waals surface area contributed by atoms with E-state index in [-0.39, 0.29) is 12.2 Å². The summed E-state index contributed by atoms with van der Waals surface area (Å²) in [7, 11) is 0. The fourth-order valence-electron chi connectivity index (χ4n) is 1.65. The number of benzene rings is 1. The molecule has 1 aromatic carbocycles. The summed E-state index contributed by atoms with van der Waals surface area (Å²) in [4.78, 5) is 34.1. The van der Waals surface area contributed by atoms with Crippen LogP contribution in [0.2, 0.25) is 0 Å². The Morgan fingerprint density at radius 1 is 1.18 bits per heavy atom. The predicted molar refractivity (Wildman–Crippen MR) is 77.2 cm³/mol. The van der Waals surface area contributed by atoms with Crippen LogP contribution in [0.4, 0.5) is 0 Å². The van der Waals surface area contributed by atoms with E-state index in [1.165, 1.54) is 12.1 Å². The highest BCUT2D eigenvalue weighted by atomic mass is 16.6. The van der Waals surface area contributed by atoms with Crippen molar-refractivity contribution in [1.29, 1.82) is 0 Å². The standard InChI is InChI=1S/C15H19NO6/c1-15(2,3)22-14(21)11(16-12(18)13(19)20)8-9-4-6-10(17)7-5-9/h4-7,11,17H,8H2,1-3H3,(H,16,18)(H,19,20)/t11-/m0/s1. The van der Waals surface area contributed by atoms with Gasteiger partial charge in [0.05, 0.1) is 0 Å². The fourth-order valence-corrected chi connectivity index (χ4v) is 1.65. The topological polar surface area (TPSA) is 113 Å². The lowest BCUT2D eigenvalue weighted by Crippen LogP contribution is -2.47. The van der Waals surface area contributed by atoms with Gasteiger partial charge < -0.3 is 20.3 Å². The molecule has 1 atom stereocenters. The van der Waals surface area contributed by atoms with Crippen molar-refractivity contribution in [2.24, 2.45) is 0 Å². The monoisotopic (exact) mass is 309 g/mol. The predicted octanol–water partition coefficient (Wildman–Crippen LogP) is 0.846. The van der Waals surface area contributed by atoms with Gasteiger partial charge in [-0.25, -0.2) is 9.59 Å². The molecule has 3 N–H and O–H groups in total. The first-order chi connectivity index (χ1) is 10.1. The van der Waals surface area contributed by atoms with Gasteiger partial charge in [-0.05, 0) is 38.5 Å². The molecule has 0 aliphatic heterocycles. The summed E-state index contributed by atoms with van der Waals surface area (Å²) in [6.45, 7) is 5.00. The van der Waals surface area contributed by atoms with Gasteiger partial charge in [0.1, 0.15) is 17.4 Å². The molecule has 0 bridgehead atoms. The highest BCUT2D eigenvalue weighted by Crippen LogP contribution is 2.14. The number of rotatable bonds is 4. The van der Waals surface area contributed by atoms with Crippen LogP contribution in [0.15, 0.2) is 24.3 Å². The number of amides is 1. The minimum Gasteiger partial charge on any atom is -0.508 e. The van der Waals surface area contributed by atoms with E-state index in [0.29, 0.717) is 5.56 Å². The molecule has 0 saturated heterocycles. The van der Waals surface area contributed by atoms with E-state index in [2.05, 4.69) is 5.32 Å². The Labute approximate surface area is 127 Å². The number of phenols is 1. The van der Waals surface area contributed by atoms with E-state index in [1.54, 1.807) is 32.9 Å². The summed E-state index contributed by atoms with van der Waals surface area (Å²) in [6.07, 6.45) is 0.0498. The normalized spacial score (nSPS) is 12.3. The minimum absolute atomic E-state index is 0.0498. The molecule has 7 heteroatoms. The van der Waals surface area contributed by atoms with Gasteiger partial charge in [0.15, 0.2) is 0 Å². The highest BCUT2D eigenvalue weighted by molar-refractivity contribution is 6.31. The number of phenolic OH excluding ortho intramolecular Hbond substituents is 1. The maximum Gasteiger partial charge on any atom is 0.394 e. The first-order valence-electron chi connectivity index (χ1n) is 6.63. The van der Waals surface area contributed by atoms with E-state index in [1.807, 2.05) is 0 Å². The van der Waals surface area contributed by atoms with E-state index in [9.17, 15) is 19.5 Å². The molecule has 22 heavy (non-hydrogen) atoms.